The number of piperidine rings is 1. The van der Waals surface area contributed by atoms with Crippen LogP contribution >= 0.6 is 0 Å². The van der Waals surface area contributed by atoms with Crippen LogP contribution < -0.4 is 0 Å². The smallest absolute Gasteiger partial charge is 0.242 e. The van der Waals surface area contributed by atoms with E-state index in [1.54, 1.807) is 0 Å². The molecule has 1 fully saturated rings. The maximum atomic E-state index is 12.8. The largest absolute Gasteiger partial charge is 0.338 e. The molecule has 1 atom stereocenters. The van der Waals surface area contributed by atoms with Gasteiger partial charge in [0.25, 0.3) is 0 Å². The summed E-state index contributed by atoms with van der Waals surface area (Å²) in [6, 6.07) is 8.45. The lowest BCUT2D eigenvalue weighted by molar-refractivity contribution is -0.135. The van der Waals surface area contributed by atoms with Crippen LogP contribution in [0, 0.1) is 0 Å². The van der Waals surface area contributed by atoms with E-state index in [1.165, 1.54) is 6.42 Å². The van der Waals surface area contributed by atoms with E-state index in [4.69, 9.17) is 4.98 Å². The van der Waals surface area contributed by atoms with Crippen molar-refractivity contribution in [2.45, 2.75) is 58.5 Å². The Kier molecular flexibility index (Phi) is 4.19. The van der Waals surface area contributed by atoms with E-state index < -0.39 is 0 Å². The highest BCUT2D eigenvalue weighted by molar-refractivity contribution is 5.81. The van der Waals surface area contributed by atoms with Crippen LogP contribution in [0.1, 0.15) is 51.8 Å². The second-order valence-electron chi connectivity index (χ2n) is 6.63. The predicted octanol–water partition coefficient (Wildman–Crippen LogP) is 3.56. The van der Waals surface area contributed by atoms with Gasteiger partial charge in [-0.15, -0.1) is 0 Å². The van der Waals surface area contributed by atoms with Crippen LogP contribution in [0.3, 0.4) is 0 Å². The number of aromatic nitrogens is 2. The van der Waals surface area contributed by atoms with E-state index in [2.05, 4.69) is 31.4 Å². The summed E-state index contributed by atoms with van der Waals surface area (Å²) in [7, 11) is 0. The molecule has 2 heterocycles. The first-order valence-electron chi connectivity index (χ1n) is 8.32. The quantitative estimate of drug-likeness (QED) is 0.869. The third-order valence-corrected chi connectivity index (χ3v) is 4.62. The minimum Gasteiger partial charge on any atom is -0.338 e. The molecule has 0 aliphatic carbocycles. The molecule has 0 N–H and O–H groups in total. The summed E-state index contributed by atoms with van der Waals surface area (Å²) in [6.07, 6.45) is 3.47. The Morgan fingerprint density at radius 1 is 1.32 bits per heavy atom. The Hall–Kier alpha value is -1.84. The summed E-state index contributed by atoms with van der Waals surface area (Å²) in [4.78, 5) is 19.5. The average Bonchev–Trinajstić information content (AvgIpc) is 2.87. The molecule has 0 radical (unpaired) electrons. The summed E-state index contributed by atoms with van der Waals surface area (Å²) < 4.78 is 2.10. The summed E-state index contributed by atoms with van der Waals surface area (Å²) >= 11 is 0. The van der Waals surface area contributed by atoms with E-state index in [0.717, 1.165) is 36.2 Å². The molecule has 1 saturated heterocycles. The summed E-state index contributed by atoms with van der Waals surface area (Å²) in [5, 5.41) is 0. The van der Waals surface area contributed by atoms with Crippen LogP contribution in [-0.2, 0) is 11.3 Å². The molecule has 1 aliphatic rings. The van der Waals surface area contributed by atoms with Crippen LogP contribution in [0.4, 0.5) is 0 Å². The monoisotopic (exact) mass is 299 g/mol. The van der Waals surface area contributed by atoms with Crippen LogP contribution in [0.25, 0.3) is 11.0 Å². The number of likely N-dealkylation sites (tertiary alicyclic amines) is 1. The molecule has 1 amide bonds. The molecule has 4 heteroatoms. The van der Waals surface area contributed by atoms with Gasteiger partial charge in [-0.2, -0.15) is 0 Å². The topological polar surface area (TPSA) is 38.1 Å². The van der Waals surface area contributed by atoms with Gasteiger partial charge in [0.1, 0.15) is 12.4 Å². The fourth-order valence-electron chi connectivity index (χ4n) is 3.40. The Labute approximate surface area is 132 Å². The maximum absolute atomic E-state index is 12.8. The molecule has 3 rings (SSSR count). The lowest BCUT2D eigenvalue weighted by Crippen LogP contribution is -2.43. The molecule has 1 aromatic heterocycles. The predicted molar refractivity (Wildman–Crippen MR) is 88.8 cm³/mol. The number of benzene rings is 1. The fraction of sp³-hybridized carbons (Fsp3) is 0.556. The van der Waals surface area contributed by atoms with Gasteiger partial charge in [-0.3, -0.25) is 4.79 Å². The minimum atomic E-state index is 0.220. The van der Waals surface area contributed by atoms with E-state index in [1.807, 2.05) is 23.1 Å². The van der Waals surface area contributed by atoms with Crippen molar-refractivity contribution in [2.24, 2.45) is 0 Å². The third kappa shape index (κ3) is 2.74. The highest BCUT2D eigenvalue weighted by Gasteiger charge is 2.25. The van der Waals surface area contributed by atoms with Crippen LogP contribution in [0.2, 0.25) is 0 Å². The zero-order valence-electron chi connectivity index (χ0n) is 13.7. The van der Waals surface area contributed by atoms with Gasteiger partial charge in [0, 0.05) is 18.5 Å². The van der Waals surface area contributed by atoms with E-state index in [9.17, 15) is 4.79 Å². The van der Waals surface area contributed by atoms with Gasteiger partial charge in [0.2, 0.25) is 5.91 Å². The second kappa shape index (κ2) is 6.11. The molecule has 2 aromatic rings. The second-order valence-corrected chi connectivity index (χ2v) is 6.63. The number of hydrogen-bond donors (Lipinski definition) is 0. The van der Waals surface area contributed by atoms with Crippen molar-refractivity contribution >= 4 is 16.9 Å². The van der Waals surface area contributed by atoms with Gasteiger partial charge in [-0.1, -0.05) is 26.0 Å². The van der Waals surface area contributed by atoms with Crippen molar-refractivity contribution in [3.05, 3.63) is 30.1 Å². The highest BCUT2D eigenvalue weighted by Crippen LogP contribution is 2.23. The molecule has 1 aromatic carbocycles. The normalized spacial score (nSPS) is 19.1. The van der Waals surface area contributed by atoms with Crippen molar-refractivity contribution in [1.29, 1.82) is 0 Å². The van der Waals surface area contributed by atoms with Crippen molar-refractivity contribution in [3.8, 4) is 0 Å². The lowest BCUT2D eigenvalue weighted by atomic mass is 10.0. The van der Waals surface area contributed by atoms with Crippen molar-refractivity contribution < 1.29 is 4.79 Å². The standard InChI is InChI=1S/C18H25N3O/c1-13(2)18-19-15-9-4-5-10-16(15)21(18)12-17(22)20-11-7-6-8-14(20)3/h4-5,9-10,13-14H,6-8,11-12H2,1-3H3. The molecular weight excluding hydrogens is 274 g/mol. The van der Waals surface area contributed by atoms with Crippen molar-refractivity contribution in [2.75, 3.05) is 6.54 Å². The molecule has 4 nitrogen and oxygen atoms in total. The van der Waals surface area contributed by atoms with Gasteiger partial charge < -0.3 is 9.47 Å². The van der Waals surface area contributed by atoms with E-state index in [0.29, 0.717) is 18.5 Å². The molecule has 1 aliphatic heterocycles. The van der Waals surface area contributed by atoms with Crippen LogP contribution in [0.5, 0.6) is 0 Å². The molecular formula is C18H25N3O. The number of carbonyl (C=O) groups is 1. The summed E-state index contributed by atoms with van der Waals surface area (Å²) in [6.45, 7) is 7.71. The number of nitrogens with zero attached hydrogens (tertiary/aromatic N) is 3. The number of amides is 1. The first kappa shape index (κ1) is 15.1. The number of hydrogen-bond acceptors (Lipinski definition) is 2. The van der Waals surface area contributed by atoms with Gasteiger partial charge >= 0.3 is 0 Å². The molecule has 22 heavy (non-hydrogen) atoms. The summed E-state index contributed by atoms with van der Waals surface area (Å²) in [5.41, 5.74) is 2.04. The fourth-order valence-corrected chi connectivity index (χ4v) is 3.40. The minimum absolute atomic E-state index is 0.220. The number of carbonyl (C=O) groups excluding carboxylic acids is 1. The van der Waals surface area contributed by atoms with E-state index >= 15 is 0 Å². The molecule has 0 spiro atoms. The first-order valence-corrected chi connectivity index (χ1v) is 8.32. The Bertz CT molecular complexity index is 674. The van der Waals surface area contributed by atoms with Crippen molar-refractivity contribution in [1.82, 2.24) is 14.5 Å². The SMILES string of the molecule is CC(C)c1nc2ccccc2n1CC(=O)N1CCCCC1C. The Morgan fingerprint density at radius 3 is 2.82 bits per heavy atom. The third-order valence-electron chi connectivity index (χ3n) is 4.62. The van der Waals surface area contributed by atoms with Crippen LogP contribution in [0.15, 0.2) is 24.3 Å². The zero-order valence-corrected chi connectivity index (χ0v) is 13.7. The zero-order chi connectivity index (χ0) is 15.7. The first-order chi connectivity index (χ1) is 10.6. The maximum Gasteiger partial charge on any atom is 0.242 e. The van der Waals surface area contributed by atoms with Crippen molar-refractivity contribution in [3.63, 3.8) is 0 Å². The summed E-state index contributed by atoms with van der Waals surface area (Å²) in [5.74, 6) is 1.52. The Morgan fingerprint density at radius 2 is 2.09 bits per heavy atom. The highest BCUT2D eigenvalue weighted by atomic mass is 16.2. The van der Waals surface area contributed by atoms with Gasteiger partial charge in [-0.05, 0) is 38.3 Å². The number of para-hydroxylation sites is 2. The number of fused-ring (bicyclic) bond motifs is 1. The van der Waals surface area contributed by atoms with E-state index in [-0.39, 0.29) is 5.91 Å². The van der Waals surface area contributed by atoms with Crippen LogP contribution in [-0.4, -0.2) is 32.9 Å². The van der Waals surface area contributed by atoms with Gasteiger partial charge in [0.15, 0.2) is 0 Å². The molecule has 118 valence electrons. The Balaban J connectivity index is 1.92. The number of imidazole rings is 1. The van der Waals surface area contributed by atoms with Gasteiger partial charge in [0.05, 0.1) is 11.0 Å². The van der Waals surface area contributed by atoms with Gasteiger partial charge in [-0.25, -0.2) is 4.98 Å². The molecule has 0 saturated carbocycles. The lowest BCUT2D eigenvalue weighted by Gasteiger charge is -2.33. The number of rotatable bonds is 3. The molecule has 1 unspecified atom stereocenters. The average molecular weight is 299 g/mol. The molecule has 0 bridgehead atoms.